The van der Waals surface area contributed by atoms with Crippen LogP contribution in [0.5, 0.6) is 0 Å². The molecule has 0 unspecified atom stereocenters. The fraction of sp³-hybridized carbons (Fsp3) is 0.571. The van der Waals surface area contributed by atoms with Crippen molar-refractivity contribution in [2.24, 2.45) is 0 Å². The summed E-state index contributed by atoms with van der Waals surface area (Å²) in [6.07, 6.45) is 0. The molecule has 0 saturated carbocycles. The van der Waals surface area contributed by atoms with E-state index >= 15 is 0 Å². The lowest BCUT2D eigenvalue weighted by Crippen LogP contribution is -2.49. The monoisotopic (exact) mass is 312 g/mol. The molecule has 1 aromatic rings. The Bertz CT molecular complexity index is 513. The highest BCUT2D eigenvalue weighted by atomic mass is 32.2. The van der Waals surface area contributed by atoms with Gasteiger partial charge in [0.25, 0.3) is 5.91 Å². The van der Waals surface area contributed by atoms with E-state index in [9.17, 15) is 9.59 Å². The third-order valence-electron chi connectivity index (χ3n) is 3.61. The topological polar surface area (TPSA) is 40.6 Å². The van der Waals surface area contributed by atoms with Crippen LogP contribution in [0.3, 0.4) is 0 Å². The van der Waals surface area contributed by atoms with Gasteiger partial charge in [0, 0.05) is 18.8 Å². The molecule has 0 N–H and O–H groups in total. The van der Waals surface area contributed by atoms with Crippen molar-refractivity contribution in [3.63, 3.8) is 0 Å². The van der Waals surface area contributed by atoms with Crippen LogP contribution < -0.4 is 0 Å². The van der Waals surface area contributed by atoms with Crippen LogP contribution in [-0.2, 0) is 4.79 Å². The Labute approximate surface area is 128 Å². The summed E-state index contributed by atoms with van der Waals surface area (Å²) in [7, 11) is 1.80. The van der Waals surface area contributed by atoms with Crippen LogP contribution in [0.1, 0.15) is 29.1 Å². The van der Waals surface area contributed by atoms with Crippen molar-refractivity contribution in [2.45, 2.75) is 32.9 Å². The molecule has 0 aliphatic carbocycles. The molecule has 20 heavy (non-hydrogen) atoms. The van der Waals surface area contributed by atoms with E-state index in [1.165, 1.54) is 11.3 Å². The summed E-state index contributed by atoms with van der Waals surface area (Å²) in [5.41, 5.74) is 0.986. The second kappa shape index (κ2) is 6.18. The highest BCUT2D eigenvalue weighted by molar-refractivity contribution is 7.99. The number of carbonyl (C=O) groups is 2. The van der Waals surface area contributed by atoms with Crippen molar-refractivity contribution in [1.82, 2.24) is 9.80 Å². The summed E-state index contributed by atoms with van der Waals surface area (Å²) in [4.78, 5) is 29.2. The third-order valence-corrected chi connectivity index (χ3v) is 5.62. The first-order valence-electron chi connectivity index (χ1n) is 6.63. The van der Waals surface area contributed by atoms with Gasteiger partial charge >= 0.3 is 0 Å². The SMILES string of the molecule is Cc1ccsc1C(=O)N1CSC[C@H]1C(=O)N(C)C(C)C. The van der Waals surface area contributed by atoms with Gasteiger partial charge in [0.2, 0.25) is 5.91 Å². The van der Waals surface area contributed by atoms with Crippen LogP contribution in [0.4, 0.5) is 0 Å². The fourth-order valence-electron chi connectivity index (χ4n) is 2.06. The maximum absolute atomic E-state index is 12.6. The Balaban J connectivity index is 2.17. The summed E-state index contributed by atoms with van der Waals surface area (Å²) >= 11 is 3.09. The van der Waals surface area contributed by atoms with Gasteiger partial charge in [-0.05, 0) is 37.8 Å². The molecule has 2 amide bonds. The smallest absolute Gasteiger partial charge is 0.265 e. The Kier molecular flexibility index (Phi) is 4.75. The molecular weight excluding hydrogens is 292 g/mol. The van der Waals surface area contributed by atoms with Gasteiger partial charge in [-0.1, -0.05) is 0 Å². The maximum Gasteiger partial charge on any atom is 0.265 e. The Morgan fingerprint density at radius 2 is 2.15 bits per heavy atom. The van der Waals surface area contributed by atoms with E-state index in [4.69, 9.17) is 0 Å². The van der Waals surface area contributed by atoms with Crippen molar-refractivity contribution < 1.29 is 9.59 Å². The minimum absolute atomic E-state index is 0.0157. The van der Waals surface area contributed by atoms with Crippen LogP contribution in [0.2, 0.25) is 0 Å². The summed E-state index contributed by atoms with van der Waals surface area (Å²) in [5, 5.41) is 1.92. The van der Waals surface area contributed by atoms with Gasteiger partial charge in [-0.15, -0.1) is 23.1 Å². The summed E-state index contributed by atoms with van der Waals surface area (Å²) < 4.78 is 0. The molecule has 6 heteroatoms. The minimum atomic E-state index is -0.332. The number of aryl methyl sites for hydroxylation is 1. The third kappa shape index (κ3) is 2.86. The lowest BCUT2D eigenvalue weighted by atomic mass is 10.2. The van der Waals surface area contributed by atoms with Crippen LogP contribution in [-0.4, -0.2) is 52.4 Å². The quantitative estimate of drug-likeness (QED) is 0.861. The number of nitrogens with zero attached hydrogens (tertiary/aromatic N) is 2. The average Bonchev–Trinajstić information content (AvgIpc) is 3.04. The van der Waals surface area contributed by atoms with Gasteiger partial charge in [0.1, 0.15) is 6.04 Å². The van der Waals surface area contributed by atoms with Crippen molar-refractivity contribution >= 4 is 34.9 Å². The number of thiophene rings is 1. The lowest BCUT2D eigenvalue weighted by molar-refractivity contribution is -0.135. The van der Waals surface area contributed by atoms with E-state index in [0.29, 0.717) is 11.6 Å². The Morgan fingerprint density at radius 3 is 2.70 bits per heavy atom. The van der Waals surface area contributed by atoms with E-state index in [-0.39, 0.29) is 23.9 Å². The second-order valence-electron chi connectivity index (χ2n) is 5.27. The first kappa shape index (κ1) is 15.4. The minimum Gasteiger partial charge on any atom is -0.342 e. The van der Waals surface area contributed by atoms with Crippen molar-refractivity contribution in [3.05, 3.63) is 21.9 Å². The van der Waals surface area contributed by atoms with Crippen LogP contribution >= 0.6 is 23.1 Å². The molecule has 4 nitrogen and oxygen atoms in total. The Morgan fingerprint density at radius 1 is 1.45 bits per heavy atom. The maximum atomic E-state index is 12.6. The van der Waals surface area contributed by atoms with Gasteiger partial charge in [0.05, 0.1) is 10.8 Å². The number of rotatable bonds is 3. The number of carbonyl (C=O) groups excluding carboxylic acids is 2. The number of amides is 2. The summed E-state index contributed by atoms with van der Waals surface area (Å²) in [5.74, 6) is 1.30. The first-order valence-corrected chi connectivity index (χ1v) is 8.66. The predicted octanol–water partition coefficient (Wildman–Crippen LogP) is 2.44. The van der Waals surface area contributed by atoms with Gasteiger partial charge in [-0.2, -0.15) is 0 Å². The number of hydrogen-bond acceptors (Lipinski definition) is 4. The van der Waals surface area contributed by atoms with Gasteiger partial charge in [-0.3, -0.25) is 9.59 Å². The second-order valence-corrected chi connectivity index (χ2v) is 7.18. The number of likely N-dealkylation sites (N-methyl/N-ethyl adjacent to an activating group) is 1. The molecule has 1 fully saturated rings. The molecule has 110 valence electrons. The molecule has 1 saturated heterocycles. The predicted molar refractivity (Wildman–Crippen MR) is 84.2 cm³/mol. The summed E-state index contributed by atoms with van der Waals surface area (Å²) in [6, 6.07) is 1.76. The van der Waals surface area contributed by atoms with Gasteiger partial charge in [0.15, 0.2) is 0 Å². The van der Waals surface area contributed by atoms with Gasteiger partial charge < -0.3 is 9.80 Å². The summed E-state index contributed by atoms with van der Waals surface area (Å²) in [6.45, 7) is 5.90. The zero-order valence-electron chi connectivity index (χ0n) is 12.3. The molecule has 1 aliphatic rings. The zero-order valence-corrected chi connectivity index (χ0v) is 13.9. The van der Waals surface area contributed by atoms with Crippen LogP contribution in [0.25, 0.3) is 0 Å². The molecule has 2 rings (SSSR count). The molecule has 1 aliphatic heterocycles. The molecule has 0 aromatic carbocycles. The highest BCUT2D eigenvalue weighted by Crippen LogP contribution is 2.27. The lowest BCUT2D eigenvalue weighted by Gasteiger charge is -2.29. The molecule has 0 radical (unpaired) electrons. The molecule has 1 aromatic heterocycles. The normalized spacial score (nSPS) is 18.6. The van der Waals surface area contributed by atoms with Crippen LogP contribution in [0, 0.1) is 6.92 Å². The van der Waals surface area contributed by atoms with E-state index in [2.05, 4.69) is 0 Å². The molecule has 1 atom stereocenters. The van der Waals surface area contributed by atoms with Crippen molar-refractivity contribution in [2.75, 3.05) is 18.7 Å². The highest BCUT2D eigenvalue weighted by Gasteiger charge is 2.37. The molecular formula is C14H20N2O2S2. The fourth-order valence-corrected chi connectivity index (χ4v) is 4.08. The Hall–Kier alpha value is -1.01. The van der Waals surface area contributed by atoms with E-state index in [1.807, 2.05) is 32.2 Å². The van der Waals surface area contributed by atoms with Gasteiger partial charge in [-0.25, -0.2) is 0 Å². The average molecular weight is 312 g/mol. The zero-order chi connectivity index (χ0) is 14.9. The van der Waals surface area contributed by atoms with E-state index in [0.717, 1.165) is 10.4 Å². The van der Waals surface area contributed by atoms with E-state index < -0.39 is 0 Å². The van der Waals surface area contributed by atoms with Crippen molar-refractivity contribution in [3.8, 4) is 0 Å². The van der Waals surface area contributed by atoms with E-state index in [1.54, 1.807) is 28.6 Å². The molecule has 0 spiro atoms. The standard InChI is InChI=1S/C14H20N2O2S2/c1-9(2)15(4)13(17)11-7-19-8-16(11)14(18)12-10(3)5-6-20-12/h5-6,9,11H,7-8H2,1-4H3/t11-/m0/s1. The number of hydrogen-bond donors (Lipinski definition) is 0. The molecule has 0 bridgehead atoms. The molecule has 2 heterocycles. The van der Waals surface area contributed by atoms with Crippen LogP contribution in [0.15, 0.2) is 11.4 Å². The van der Waals surface area contributed by atoms with Crippen molar-refractivity contribution in [1.29, 1.82) is 0 Å². The largest absolute Gasteiger partial charge is 0.342 e. The first-order chi connectivity index (χ1) is 9.43. The number of thioether (sulfide) groups is 1.